The summed E-state index contributed by atoms with van der Waals surface area (Å²) in [5.41, 5.74) is 0. The van der Waals surface area contributed by atoms with Crippen molar-refractivity contribution >= 4 is 0 Å². The van der Waals surface area contributed by atoms with Crippen molar-refractivity contribution in [3.63, 3.8) is 0 Å². The molecule has 0 amide bonds. The van der Waals surface area contributed by atoms with Gasteiger partial charge in [-0.25, -0.2) is 0 Å². The molecule has 0 aromatic heterocycles. The van der Waals surface area contributed by atoms with Crippen molar-refractivity contribution < 1.29 is 4.74 Å². The number of hydrogen-bond acceptors (Lipinski definition) is 2. The molecule has 2 fully saturated rings. The molecule has 15 heavy (non-hydrogen) atoms. The maximum absolute atomic E-state index is 5.41. The summed E-state index contributed by atoms with van der Waals surface area (Å²) in [6.07, 6.45) is 11.8. The number of allylic oxidation sites excluding steroid dienone is 1. The standard InChI is InChI=1S/C13H21NO/c1-15-11-6-5-10(8-11)14-13-7-9-3-2-4-12(9)13/h2,4,9-14H,3,5-8H2,1H3. The smallest absolute Gasteiger partial charge is 0.0586 e. The second-order valence-corrected chi connectivity index (χ2v) is 5.38. The summed E-state index contributed by atoms with van der Waals surface area (Å²) in [7, 11) is 1.84. The highest BCUT2D eigenvalue weighted by Gasteiger charge is 2.42. The first-order chi connectivity index (χ1) is 7.36. The van der Waals surface area contributed by atoms with Crippen LogP contribution < -0.4 is 5.32 Å². The van der Waals surface area contributed by atoms with Crippen LogP contribution in [0.4, 0.5) is 0 Å². The Morgan fingerprint density at radius 3 is 2.93 bits per heavy atom. The minimum atomic E-state index is 0.512. The monoisotopic (exact) mass is 207 g/mol. The van der Waals surface area contributed by atoms with Crippen molar-refractivity contribution in [3.8, 4) is 0 Å². The predicted octanol–water partition coefficient (Wildman–Crippen LogP) is 2.11. The molecule has 0 aromatic rings. The molecule has 3 rings (SSSR count). The third-order valence-corrected chi connectivity index (χ3v) is 4.53. The first-order valence-electron chi connectivity index (χ1n) is 6.32. The molecule has 0 radical (unpaired) electrons. The van der Waals surface area contributed by atoms with E-state index in [1.807, 2.05) is 7.11 Å². The van der Waals surface area contributed by atoms with E-state index in [2.05, 4.69) is 17.5 Å². The lowest BCUT2D eigenvalue weighted by Gasteiger charge is -2.42. The van der Waals surface area contributed by atoms with E-state index in [0.717, 1.165) is 23.9 Å². The molecular weight excluding hydrogens is 186 g/mol. The second-order valence-electron chi connectivity index (χ2n) is 5.38. The predicted molar refractivity (Wildman–Crippen MR) is 60.7 cm³/mol. The molecule has 3 aliphatic rings. The van der Waals surface area contributed by atoms with Crippen LogP contribution in [0.25, 0.3) is 0 Å². The normalized spacial score (nSPS) is 47.9. The molecule has 1 N–H and O–H groups in total. The SMILES string of the molecule is COC1CCC(NC2CC3CC=CC32)C1. The van der Waals surface area contributed by atoms with Gasteiger partial charge in [-0.15, -0.1) is 0 Å². The third kappa shape index (κ3) is 1.74. The Morgan fingerprint density at radius 2 is 2.20 bits per heavy atom. The van der Waals surface area contributed by atoms with E-state index >= 15 is 0 Å². The van der Waals surface area contributed by atoms with Gasteiger partial charge in [0, 0.05) is 19.2 Å². The van der Waals surface area contributed by atoms with Crippen molar-refractivity contribution in [2.24, 2.45) is 11.8 Å². The molecular formula is C13H21NO. The summed E-state index contributed by atoms with van der Waals surface area (Å²) in [5.74, 6) is 1.83. The molecule has 5 unspecified atom stereocenters. The summed E-state index contributed by atoms with van der Waals surface area (Å²) in [4.78, 5) is 0. The van der Waals surface area contributed by atoms with Gasteiger partial charge in [-0.05, 0) is 43.9 Å². The highest BCUT2D eigenvalue weighted by Crippen LogP contribution is 2.43. The third-order valence-electron chi connectivity index (χ3n) is 4.53. The zero-order valence-corrected chi connectivity index (χ0v) is 9.49. The summed E-state index contributed by atoms with van der Waals surface area (Å²) in [6, 6.07) is 1.49. The number of methoxy groups -OCH3 is 1. The first kappa shape index (κ1) is 9.86. The summed E-state index contributed by atoms with van der Waals surface area (Å²) in [5, 5.41) is 3.82. The summed E-state index contributed by atoms with van der Waals surface area (Å²) in [6.45, 7) is 0. The Hall–Kier alpha value is -0.340. The van der Waals surface area contributed by atoms with Gasteiger partial charge in [0.2, 0.25) is 0 Å². The zero-order valence-electron chi connectivity index (χ0n) is 9.49. The van der Waals surface area contributed by atoms with Gasteiger partial charge in [0.1, 0.15) is 0 Å². The van der Waals surface area contributed by atoms with Crippen LogP contribution in [0.2, 0.25) is 0 Å². The molecule has 0 bridgehead atoms. The van der Waals surface area contributed by atoms with Gasteiger partial charge >= 0.3 is 0 Å². The maximum atomic E-state index is 5.41. The summed E-state index contributed by atoms with van der Waals surface area (Å²) >= 11 is 0. The van der Waals surface area contributed by atoms with Gasteiger partial charge in [-0.1, -0.05) is 12.2 Å². The van der Waals surface area contributed by atoms with E-state index in [1.54, 1.807) is 0 Å². The van der Waals surface area contributed by atoms with E-state index in [-0.39, 0.29) is 0 Å². The van der Waals surface area contributed by atoms with E-state index in [1.165, 1.54) is 32.1 Å². The zero-order chi connectivity index (χ0) is 10.3. The van der Waals surface area contributed by atoms with Gasteiger partial charge < -0.3 is 10.1 Å². The molecule has 5 atom stereocenters. The summed E-state index contributed by atoms with van der Waals surface area (Å²) < 4.78 is 5.41. The Balaban J connectivity index is 1.48. The minimum Gasteiger partial charge on any atom is -0.381 e. The van der Waals surface area contributed by atoms with Crippen molar-refractivity contribution in [2.75, 3.05) is 7.11 Å². The Kier molecular flexibility index (Phi) is 2.57. The van der Waals surface area contributed by atoms with Crippen LogP contribution in [0, 0.1) is 11.8 Å². The second kappa shape index (κ2) is 3.91. The van der Waals surface area contributed by atoms with Gasteiger partial charge in [0.05, 0.1) is 6.10 Å². The maximum Gasteiger partial charge on any atom is 0.0586 e. The average Bonchev–Trinajstić information content (AvgIpc) is 2.81. The quantitative estimate of drug-likeness (QED) is 0.716. The number of nitrogens with one attached hydrogen (secondary N) is 1. The van der Waals surface area contributed by atoms with Crippen LogP contribution in [-0.4, -0.2) is 25.3 Å². The molecule has 0 spiro atoms. The van der Waals surface area contributed by atoms with Crippen molar-refractivity contribution in [1.29, 1.82) is 0 Å². The lowest BCUT2D eigenvalue weighted by Crippen LogP contribution is -2.51. The lowest BCUT2D eigenvalue weighted by molar-refractivity contribution is 0.102. The Morgan fingerprint density at radius 1 is 1.27 bits per heavy atom. The molecule has 0 saturated heterocycles. The molecule has 0 aliphatic heterocycles. The molecule has 2 saturated carbocycles. The van der Waals surface area contributed by atoms with Crippen LogP contribution in [0.15, 0.2) is 12.2 Å². The van der Waals surface area contributed by atoms with E-state index in [0.29, 0.717) is 6.10 Å². The molecule has 0 aromatic carbocycles. The average molecular weight is 207 g/mol. The molecule has 2 nitrogen and oxygen atoms in total. The Labute approximate surface area is 92.1 Å². The van der Waals surface area contributed by atoms with Gasteiger partial charge in [0.25, 0.3) is 0 Å². The Bertz CT molecular complexity index is 263. The van der Waals surface area contributed by atoms with Crippen LogP contribution in [0.3, 0.4) is 0 Å². The fraction of sp³-hybridized carbons (Fsp3) is 0.846. The lowest BCUT2D eigenvalue weighted by atomic mass is 9.71. The molecule has 84 valence electrons. The number of ether oxygens (including phenoxy) is 1. The van der Waals surface area contributed by atoms with Crippen LogP contribution in [0.5, 0.6) is 0 Å². The van der Waals surface area contributed by atoms with Gasteiger partial charge in [-0.3, -0.25) is 0 Å². The van der Waals surface area contributed by atoms with Crippen molar-refractivity contribution in [2.45, 2.75) is 50.3 Å². The number of rotatable bonds is 3. The fourth-order valence-corrected chi connectivity index (χ4v) is 3.52. The van der Waals surface area contributed by atoms with Crippen molar-refractivity contribution in [3.05, 3.63) is 12.2 Å². The highest BCUT2D eigenvalue weighted by atomic mass is 16.5. The topological polar surface area (TPSA) is 21.3 Å². The number of hydrogen-bond donors (Lipinski definition) is 1. The largest absolute Gasteiger partial charge is 0.381 e. The van der Waals surface area contributed by atoms with Gasteiger partial charge in [0.15, 0.2) is 0 Å². The van der Waals surface area contributed by atoms with Crippen LogP contribution >= 0.6 is 0 Å². The molecule has 0 heterocycles. The van der Waals surface area contributed by atoms with E-state index in [9.17, 15) is 0 Å². The van der Waals surface area contributed by atoms with E-state index < -0.39 is 0 Å². The van der Waals surface area contributed by atoms with Crippen LogP contribution in [0.1, 0.15) is 32.1 Å². The molecule has 3 aliphatic carbocycles. The minimum absolute atomic E-state index is 0.512. The van der Waals surface area contributed by atoms with Crippen molar-refractivity contribution in [1.82, 2.24) is 5.32 Å². The van der Waals surface area contributed by atoms with E-state index in [4.69, 9.17) is 4.74 Å². The number of fused-ring (bicyclic) bond motifs is 1. The highest BCUT2D eigenvalue weighted by molar-refractivity contribution is 5.13. The van der Waals surface area contributed by atoms with Crippen LogP contribution in [-0.2, 0) is 4.74 Å². The fourth-order valence-electron chi connectivity index (χ4n) is 3.52. The molecule has 2 heteroatoms. The van der Waals surface area contributed by atoms with Gasteiger partial charge in [-0.2, -0.15) is 0 Å². The first-order valence-corrected chi connectivity index (χ1v) is 6.32.